The maximum Gasteiger partial charge on any atom is 0.154 e. The van der Waals surface area contributed by atoms with E-state index in [1.54, 1.807) is 0 Å². The molecule has 0 bridgehead atoms. The van der Waals surface area contributed by atoms with Gasteiger partial charge in [0.2, 0.25) is 0 Å². The van der Waals surface area contributed by atoms with Gasteiger partial charge in [0.1, 0.15) is 5.82 Å². The Morgan fingerprint density at radius 3 is 2.82 bits per heavy atom. The molecular formula is C11H17N3O2S. The van der Waals surface area contributed by atoms with Gasteiger partial charge in [-0.05, 0) is 26.3 Å². The molecule has 6 heteroatoms. The van der Waals surface area contributed by atoms with Crippen LogP contribution < -0.4 is 5.73 Å². The van der Waals surface area contributed by atoms with E-state index in [0.717, 1.165) is 35.6 Å². The molecule has 0 fully saturated rings. The number of aromatic nitrogens is 2. The highest BCUT2D eigenvalue weighted by atomic mass is 32.2. The summed E-state index contributed by atoms with van der Waals surface area (Å²) in [5, 5.41) is 0. The lowest BCUT2D eigenvalue weighted by atomic mass is 10.1. The fourth-order valence-electron chi connectivity index (χ4n) is 2.11. The van der Waals surface area contributed by atoms with Gasteiger partial charge < -0.3 is 5.73 Å². The van der Waals surface area contributed by atoms with E-state index in [4.69, 9.17) is 5.73 Å². The third-order valence-corrected chi connectivity index (χ3v) is 4.48. The van der Waals surface area contributed by atoms with Crippen molar-refractivity contribution in [2.75, 3.05) is 12.3 Å². The molecule has 0 saturated carbocycles. The lowest BCUT2D eigenvalue weighted by molar-refractivity contribution is 0.589. The third-order valence-electron chi connectivity index (χ3n) is 2.92. The van der Waals surface area contributed by atoms with Gasteiger partial charge >= 0.3 is 0 Å². The van der Waals surface area contributed by atoms with Gasteiger partial charge in [-0.3, -0.25) is 0 Å². The Bertz CT molecular complexity index is 526. The molecule has 5 nitrogen and oxygen atoms in total. The van der Waals surface area contributed by atoms with E-state index in [-0.39, 0.29) is 11.5 Å². The second-order valence-corrected chi connectivity index (χ2v) is 6.56. The van der Waals surface area contributed by atoms with Gasteiger partial charge in [0.05, 0.1) is 11.5 Å². The minimum Gasteiger partial charge on any atom is -0.330 e. The predicted molar refractivity (Wildman–Crippen MR) is 65.3 cm³/mol. The maximum atomic E-state index is 11.6. The maximum absolute atomic E-state index is 11.6. The van der Waals surface area contributed by atoms with E-state index < -0.39 is 9.84 Å². The monoisotopic (exact) mass is 255 g/mol. The summed E-state index contributed by atoms with van der Waals surface area (Å²) in [5.74, 6) is 1.00. The van der Waals surface area contributed by atoms with Crippen molar-refractivity contribution in [1.29, 1.82) is 0 Å². The number of rotatable bonds is 3. The molecular weight excluding hydrogens is 238 g/mol. The zero-order valence-electron chi connectivity index (χ0n) is 9.94. The molecule has 0 unspecified atom stereocenters. The fraction of sp³-hybridized carbons (Fsp3) is 0.636. The van der Waals surface area contributed by atoms with E-state index in [1.165, 1.54) is 0 Å². The highest BCUT2D eigenvalue weighted by Crippen LogP contribution is 2.22. The van der Waals surface area contributed by atoms with Gasteiger partial charge in [0, 0.05) is 23.4 Å². The summed E-state index contributed by atoms with van der Waals surface area (Å²) in [4.78, 5) is 8.70. The van der Waals surface area contributed by atoms with E-state index in [1.807, 2.05) is 6.92 Å². The standard InChI is InChI=1S/C11H17N3O2S/c1-8-13-10(3-2-5-12)9-7-17(15,16)6-4-11(9)14-8/h2-7,12H2,1H3. The highest BCUT2D eigenvalue weighted by Gasteiger charge is 2.25. The molecule has 1 aromatic heterocycles. The summed E-state index contributed by atoms with van der Waals surface area (Å²) in [6, 6.07) is 0. The Morgan fingerprint density at radius 2 is 2.12 bits per heavy atom. The molecule has 2 heterocycles. The zero-order valence-corrected chi connectivity index (χ0v) is 10.8. The van der Waals surface area contributed by atoms with E-state index >= 15 is 0 Å². The summed E-state index contributed by atoms with van der Waals surface area (Å²) in [5.41, 5.74) is 8.06. The average molecular weight is 255 g/mol. The van der Waals surface area contributed by atoms with Crippen molar-refractivity contribution in [3.8, 4) is 0 Å². The Morgan fingerprint density at radius 1 is 1.35 bits per heavy atom. The number of sulfone groups is 1. The van der Waals surface area contributed by atoms with Crippen molar-refractivity contribution in [2.45, 2.75) is 31.9 Å². The number of fused-ring (bicyclic) bond motifs is 1. The van der Waals surface area contributed by atoms with Crippen LogP contribution in [-0.2, 0) is 28.4 Å². The third kappa shape index (κ3) is 2.81. The molecule has 17 heavy (non-hydrogen) atoms. The Hall–Kier alpha value is -1.01. The van der Waals surface area contributed by atoms with Gasteiger partial charge in [0.15, 0.2) is 9.84 Å². The number of aryl methyl sites for hydroxylation is 3. The van der Waals surface area contributed by atoms with E-state index in [9.17, 15) is 8.42 Å². The van der Waals surface area contributed by atoms with Crippen LogP contribution in [0.1, 0.15) is 29.2 Å². The van der Waals surface area contributed by atoms with Gasteiger partial charge in [0.25, 0.3) is 0 Å². The van der Waals surface area contributed by atoms with E-state index in [2.05, 4.69) is 9.97 Å². The minimum atomic E-state index is -2.97. The normalized spacial score (nSPS) is 17.8. The van der Waals surface area contributed by atoms with E-state index in [0.29, 0.717) is 13.0 Å². The molecule has 2 N–H and O–H groups in total. The summed E-state index contributed by atoms with van der Waals surface area (Å²) < 4.78 is 23.3. The second kappa shape index (κ2) is 4.70. The molecule has 0 amide bonds. The molecule has 94 valence electrons. The summed E-state index contributed by atoms with van der Waals surface area (Å²) in [6.45, 7) is 2.43. The van der Waals surface area contributed by atoms with Crippen molar-refractivity contribution >= 4 is 9.84 Å². The first kappa shape index (κ1) is 12.4. The van der Waals surface area contributed by atoms with Gasteiger partial charge in [-0.15, -0.1) is 0 Å². The van der Waals surface area contributed by atoms with Crippen molar-refractivity contribution in [1.82, 2.24) is 9.97 Å². The van der Waals surface area contributed by atoms with Crippen LogP contribution in [0.2, 0.25) is 0 Å². The fourth-order valence-corrected chi connectivity index (χ4v) is 3.53. The van der Waals surface area contributed by atoms with Gasteiger partial charge in [-0.1, -0.05) is 0 Å². The van der Waals surface area contributed by atoms with Crippen LogP contribution in [0.4, 0.5) is 0 Å². The lowest BCUT2D eigenvalue weighted by Crippen LogP contribution is -2.23. The van der Waals surface area contributed by atoms with Crippen LogP contribution in [0.25, 0.3) is 0 Å². The quantitative estimate of drug-likeness (QED) is 0.830. The van der Waals surface area contributed by atoms with Crippen molar-refractivity contribution < 1.29 is 8.42 Å². The largest absolute Gasteiger partial charge is 0.330 e. The molecule has 1 aliphatic heterocycles. The summed E-state index contributed by atoms with van der Waals surface area (Å²) >= 11 is 0. The number of hydrogen-bond donors (Lipinski definition) is 1. The average Bonchev–Trinajstić information content (AvgIpc) is 2.26. The first-order chi connectivity index (χ1) is 8.02. The molecule has 0 radical (unpaired) electrons. The van der Waals surface area contributed by atoms with Crippen LogP contribution in [0.5, 0.6) is 0 Å². The SMILES string of the molecule is Cc1nc(CCCN)c2c(n1)CCS(=O)(=O)C2. The molecule has 0 aromatic carbocycles. The molecule has 0 saturated heterocycles. The first-order valence-corrected chi connectivity index (χ1v) is 7.60. The van der Waals surface area contributed by atoms with Gasteiger partial charge in [-0.25, -0.2) is 18.4 Å². The number of hydrogen-bond acceptors (Lipinski definition) is 5. The van der Waals surface area contributed by atoms with Crippen LogP contribution in [0, 0.1) is 6.92 Å². The Kier molecular flexibility index (Phi) is 3.44. The van der Waals surface area contributed by atoms with Crippen LogP contribution in [-0.4, -0.2) is 30.7 Å². The van der Waals surface area contributed by atoms with Gasteiger partial charge in [-0.2, -0.15) is 0 Å². The van der Waals surface area contributed by atoms with Crippen molar-refractivity contribution in [3.05, 3.63) is 22.8 Å². The molecule has 0 spiro atoms. The predicted octanol–water partition coefficient (Wildman–Crippen LogP) is 0.147. The lowest BCUT2D eigenvalue weighted by Gasteiger charge is -2.18. The summed E-state index contributed by atoms with van der Waals surface area (Å²) in [7, 11) is -2.97. The molecule has 2 rings (SSSR count). The van der Waals surface area contributed by atoms with Crippen molar-refractivity contribution in [2.24, 2.45) is 5.73 Å². The van der Waals surface area contributed by atoms with Crippen LogP contribution in [0.15, 0.2) is 0 Å². The van der Waals surface area contributed by atoms with Crippen LogP contribution >= 0.6 is 0 Å². The summed E-state index contributed by atoms with van der Waals surface area (Å²) in [6.07, 6.45) is 2.07. The zero-order chi connectivity index (χ0) is 12.5. The molecule has 1 aliphatic rings. The number of nitrogens with two attached hydrogens (primary N) is 1. The molecule has 1 aromatic rings. The number of nitrogens with zero attached hydrogens (tertiary/aromatic N) is 2. The smallest absolute Gasteiger partial charge is 0.154 e. The van der Waals surface area contributed by atoms with Crippen LogP contribution in [0.3, 0.4) is 0 Å². The minimum absolute atomic E-state index is 0.0858. The first-order valence-electron chi connectivity index (χ1n) is 5.77. The second-order valence-electron chi connectivity index (χ2n) is 4.38. The van der Waals surface area contributed by atoms with Crippen molar-refractivity contribution in [3.63, 3.8) is 0 Å². The Balaban J connectivity index is 2.42. The highest BCUT2D eigenvalue weighted by molar-refractivity contribution is 7.90. The molecule has 0 atom stereocenters. The topological polar surface area (TPSA) is 85.9 Å². The molecule has 0 aliphatic carbocycles. The Labute approximate surface area is 101 Å².